The summed E-state index contributed by atoms with van der Waals surface area (Å²) in [5, 5.41) is 11.2. The molecule has 0 aromatic heterocycles. The fraction of sp³-hybridized carbons (Fsp3) is 0.750. The first-order valence-electron chi connectivity index (χ1n) is 9.05. The molecule has 23 heavy (non-hydrogen) atoms. The van der Waals surface area contributed by atoms with Gasteiger partial charge in [-0.15, -0.1) is 0 Å². The fourth-order valence-electron chi connectivity index (χ4n) is 6.22. The summed E-state index contributed by atoms with van der Waals surface area (Å²) < 4.78 is 7.27. The summed E-state index contributed by atoms with van der Waals surface area (Å²) in [6.07, 6.45) is 13.0. The van der Waals surface area contributed by atoms with Crippen LogP contribution in [-0.2, 0) is 24.1 Å². The van der Waals surface area contributed by atoms with Crippen LogP contribution in [0.15, 0.2) is 23.8 Å². The van der Waals surface area contributed by atoms with E-state index in [1.54, 1.807) is 30.4 Å². The molecule has 4 aliphatic carbocycles. The van der Waals surface area contributed by atoms with Gasteiger partial charge in [0.25, 0.3) is 0 Å². The van der Waals surface area contributed by atoms with Crippen molar-refractivity contribution in [1.82, 2.24) is 0 Å². The molecule has 0 aromatic carbocycles. The molecule has 3 heteroatoms. The van der Waals surface area contributed by atoms with E-state index in [0.717, 1.165) is 25.2 Å². The number of ether oxygens (including phenoxy) is 1. The van der Waals surface area contributed by atoms with Crippen molar-refractivity contribution in [3.05, 3.63) is 23.8 Å². The average Bonchev–Trinajstić information content (AvgIpc) is 2.81. The summed E-state index contributed by atoms with van der Waals surface area (Å²) in [7, 11) is 1.81. The number of allylic oxidation sites excluding steroid dienone is 3. The van der Waals surface area contributed by atoms with Crippen molar-refractivity contribution in [2.75, 3.05) is 7.11 Å². The van der Waals surface area contributed by atoms with Crippen LogP contribution in [0.25, 0.3) is 0 Å². The first kappa shape index (κ1) is 16.4. The Balaban J connectivity index is 1.77. The predicted molar refractivity (Wildman–Crippen MR) is 88.8 cm³/mol. The third-order valence-corrected chi connectivity index (χ3v) is 9.98. The van der Waals surface area contributed by atoms with Gasteiger partial charge in [-0.25, -0.2) is 0 Å². The van der Waals surface area contributed by atoms with Gasteiger partial charge in [0.1, 0.15) is 0 Å². The Morgan fingerprint density at radius 2 is 2.04 bits per heavy atom. The zero-order valence-corrected chi connectivity index (χ0v) is 17.4. The van der Waals surface area contributed by atoms with E-state index in [0.29, 0.717) is 11.8 Å². The molecule has 6 unspecified atom stereocenters. The van der Waals surface area contributed by atoms with E-state index in [4.69, 9.17) is 4.74 Å². The van der Waals surface area contributed by atoms with E-state index in [9.17, 15) is 5.11 Å². The Labute approximate surface area is 150 Å². The summed E-state index contributed by atoms with van der Waals surface area (Å²) in [6.45, 7) is 4.82. The van der Waals surface area contributed by atoms with Crippen molar-refractivity contribution in [2.24, 2.45) is 28.6 Å². The molecule has 0 amide bonds. The SMILES string of the molecule is CO[C@@H]1C=C2C=CC3C4CC[C](=[W])C4(C)CC(O)C3C2(C)CC1. The molecule has 0 saturated heterocycles. The van der Waals surface area contributed by atoms with Crippen molar-refractivity contribution in [3.63, 3.8) is 0 Å². The van der Waals surface area contributed by atoms with Crippen molar-refractivity contribution in [1.29, 1.82) is 0 Å². The molecule has 2 saturated carbocycles. The normalized spacial score (nSPS) is 51.7. The monoisotopic (exact) mass is 484 g/mol. The second kappa shape index (κ2) is 5.48. The molecule has 0 heterocycles. The van der Waals surface area contributed by atoms with Crippen LogP contribution in [0.2, 0.25) is 0 Å². The van der Waals surface area contributed by atoms with Crippen molar-refractivity contribution in [2.45, 2.75) is 58.2 Å². The first-order chi connectivity index (χ1) is 10.9. The van der Waals surface area contributed by atoms with E-state index in [1.807, 2.05) is 0 Å². The van der Waals surface area contributed by atoms with Gasteiger partial charge < -0.3 is 0 Å². The van der Waals surface area contributed by atoms with E-state index in [2.05, 4.69) is 32.1 Å². The summed E-state index contributed by atoms with van der Waals surface area (Å²) >= 11 is 1.64. The number of methoxy groups -OCH3 is 1. The number of rotatable bonds is 1. The van der Waals surface area contributed by atoms with E-state index < -0.39 is 0 Å². The average molecular weight is 484 g/mol. The summed E-state index contributed by atoms with van der Waals surface area (Å²) in [5.41, 5.74) is 1.81. The second-order valence-corrected chi connectivity index (χ2v) is 10.3. The molecule has 0 aliphatic heterocycles. The number of hydrogen-bond acceptors (Lipinski definition) is 2. The van der Waals surface area contributed by atoms with Crippen LogP contribution in [0.4, 0.5) is 0 Å². The molecule has 0 aromatic rings. The van der Waals surface area contributed by atoms with Crippen LogP contribution in [0.3, 0.4) is 0 Å². The molecule has 0 radical (unpaired) electrons. The second-order valence-electron chi connectivity index (χ2n) is 8.57. The Kier molecular flexibility index (Phi) is 3.91. The van der Waals surface area contributed by atoms with E-state index >= 15 is 0 Å². The van der Waals surface area contributed by atoms with E-state index in [1.165, 1.54) is 18.4 Å². The maximum atomic E-state index is 11.2. The van der Waals surface area contributed by atoms with Gasteiger partial charge in [-0.2, -0.15) is 0 Å². The van der Waals surface area contributed by atoms with Crippen LogP contribution < -0.4 is 0 Å². The Morgan fingerprint density at radius 1 is 1.26 bits per heavy atom. The number of aliphatic hydroxyl groups is 1. The Hall–Kier alpha value is -0.0417. The van der Waals surface area contributed by atoms with Gasteiger partial charge in [0.05, 0.1) is 0 Å². The predicted octanol–water partition coefficient (Wildman–Crippen LogP) is 3.43. The van der Waals surface area contributed by atoms with Gasteiger partial charge in [0.2, 0.25) is 0 Å². The van der Waals surface area contributed by atoms with Crippen molar-refractivity contribution >= 4 is 3.90 Å². The molecular weight excluding hydrogens is 456 g/mol. The number of aliphatic hydroxyl groups excluding tert-OH is 1. The molecule has 126 valence electrons. The molecule has 4 aliphatic rings. The number of fused-ring (bicyclic) bond motifs is 5. The van der Waals surface area contributed by atoms with E-state index in [-0.39, 0.29) is 23.0 Å². The Bertz CT molecular complexity index is 594. The van der Waals surface area contributed by atoms with Gasteiger partial charge in [0.15, 0.2) is 0 Å². The standard InChI is InChI=1S/C20H28O2.W/c1-19-9-4-5-16(19)15-7-6-13-11-14(22-3)8-10-20(13,2)18(15)17(21)12-19;/h6-7,11,14-18,21H,4-5,8,10,12H2,1-3H3;/t14-,15?,16?,17?,18?,19?,20?;/m0./s1. The topological polar surface area (TPSA) is 29.5 Å². The third-order valence-electron chi connectivity index (χ3n) is 7.57. The quantitative estimate of drug-likeness (QED) is 0.619. The third kappa shape index (κ3) is 2.21. The summed E-state index contributed by atoms with van der Waals surface area (Å²) in [4.78, 5) is 0. The number of hydrogen-bond donors (Lipinski definition) is 1. The van der Waals surface area contributed by atoms with Crippen LogP contribution in [0, 0.1) is 28.6 Å². The molecule has 0 bridgehead atoms. The minimum absolute atomic E-state index is 0.124. The van der Waals surface area contributed by atoms with Crippen LogP contribution in [0.5, 0.6) is 0 Å². The molecule has 2 nitrogen and oxygen atoms in total. The van der Waals surface area contributed by atoms with Gasteiger partial charge >= 0.3 is 151 Å². The summed E-state index contributed by atoms with van der Waals surface area (Å²) in [5.74, 6) is 1.66. The minimum atomic E-state index is -0.175. The van der Waals surface area contributed by atoms with Crippen molar-refractivity contribution < 1.29 is 29.2 Å². The molecule has 7 atom stereocenters. The zero-order chi connectivity index (χ0) is 16.4. The van der Waals surface area contributed by atoms with Gasteiger partial charge in [0, 0.05) is 0 Å². The summed E-state index contributed by atoms with van der Waals surface area (Å²) in [6, 6.07) is 0. The molecule has 4 rings (SSSR count). The van der Waals surface area contributed by atoms with Crippen LogP contribution in [-0.4, -0.2) is 28.3 Å². The fourth-order valence-corrected chi connectivity index (χ4v) is 7.48. The molecular formula is C20H28O2W. The van der Waals surface area contributed by atoms with Crippen LogP contribution >= 0.6 is 0 Å². The van der Waals surface area contributed by atoms with Crippen LogP contribution in [0.1, 0.15) is 46.0 Å². The Morgan fingerprint density at radius 3 is 2.78 bits per heavy atom. The molecule has 1 N–H and O–H groups in total. The molecule has 0 spiro atoms. The van der Waals surface area contributed by atoms with Gasteiger partial charge in [-0.1, -0.05) is 0 Å². The molecule has 2 fully saturated rings. The maximum absolute atomic E-state index is 11.2. The van der Waals surface area contributed by atoms with Gasteiger partial charge in [-0.3, -0.25) is 0 Å². The van der Waals surface area contributed by atoms with Crippen molar-refractivity contribution in [3.8, 4) is 0 Å². The zero-order valence-electron chi connectivity index (χ0n) is 14.4. The van der Waals surface area contributed by atoms with Gasteiger partial charge in [-0.05, 0) is 0 Å². The first-order valence-corrected chi connectivity index (χ1v) is 10.5.